The molecule has 1 saturated carbocycles. The number of methoxy groups -OCH3 is 1. The Kier molecular flexibility index (Phi) is 4.77. The molecule has 132 valence electrons. The quantitative estimate of drug-likeness (QED) is 0.875. The second-order valence-electron chi connectivity index (χ2n) is 6.47. The third-order valence-electron chi connectivity index (χ3n) is 5.12. The molecule has 1 aliphatic heterocycles. The molecule has 2 aliphatic rings. The van der Waals surface area contributed by atoms with E-state index in [-0.39, 0.29) is 28.5 Å². The van der Waals surface area contributed by atoms with Crippen LogP contribution in [0.3, 0.4) is 0 Å². The maximum Gasteiger partial charge on any atom is 0.246 e. The average molecular weight is 373 g/mol. The number of ether oxygens (including phenoxy) is 1. The number of nitrogens with zero attached hydrogens (tertiary/aromatic N) is 1. The zero-order valence-electron chi connectivity index (χ0n) is 13.7. The van der Waals surface area contributed by atoms with Crippen LogP contribution in [0.15, 0.2) is 23.1 Å². The fraction of sp³-hybridized carbons (Fsp3) is 0.562. The first-order valence-electron chi connectivity index (χ1n) is 7.91. The van der Waals surface area contributed by atoms with Crippen LogP contribution in [0.25, 0.3) is 0 Å². The highest BCUT2D eigenvalue weighted by Gasteiger charge is 2.42. The normalized spacial score (nSPS) is 27.0. The molecule has 3 atom stereocenters. The Morgan fingerprint density at radius 1 is 1.29 bits per heavy atom. The van der Waals surface area contributed by atoms with Crippen LogP contribution in [0.5, 0.6) is 5.75 Å². The second kappa shape index (κ2) is 6.54. The minimum Gasteiger partial charge on any atom is -0.495 e. The van der Waals surface area contributed by atoms with Gasteiger partial charge in [0.1, 0.15) is 10.6 Å². The van der Waals surface area contributed by atoms with E-state index in [0.717, 1.165) is 6.42 Å². The molecule has 3 rings (SSSR count). The van der Waals surface area contributed by atoms with Gasteiger partial charge in [-0.15, -0.1) is 0 Å². The van der Waals surface area contributed by atoms with Crippen LogP contribution in [0.1, 0.15) is 19.3 Å². The zero-order chi connectivity index (χ0) is 17.5. The molecule has 1 amide bonds. The number of nitrogens with one attached hydrogen (secondary N) is 1. The third kappa shape index (κ3) is 3.12. The van der Waals surface area contributed by atoms with Crippen molar-refractivity contribution < 1.29 is 17.9 Å². The number of halogens is 1. The Hall–Kier alpha value is -1.31. The van der Waals surface area contributed by atoms with E-state index < -0.39 is 10.0 Å². The van der Waals surface area contributed by atoms with E-state index in [9.17, 15) is 13.2 Å². The number of carbonyl (C=O) groups is 1. The van der Waals surface area contributed by atoms with Gasteiger partial charge in [-0.2, -0.15) is 4.31 Å². The molecule has 0 aromatic heterocycles. The molecule has 1 N–H and O–H groups in total. The zero-order valence-corrected chi connectivity index (χ0v) is 15.2. The molecule has 6 nitrogen and oxygen atoms in total. The highest BCUT2D eigenvalue weighted by molar-refractivity contribution is 7.89. The smallest absolute Gasteiger partial charge is 0.246 e. The van der Waals surface area contributed by atoms with Crippen molar-refractivity contribution in [2.75, 3.05) is 20.7 Å². The van der Waals surface area contributed by atoms with Gasteiger partial charge < -0.3 is 10.1 Å². The Bertz CT molecular complexity index is 752. The summed E-state index contributed by atoms with van der Waals surface area (Å²) in [5.74, 6) is 0.923. The van der Waals surface area contributed by atoms with E-state index in [2.05, 4.69) is 5.32 Å². The van der Waals surface area contributed by atoms with E-state index in [1.807, 2.05) is 0 Å². The number of hydrogen-bond acceptors (Lipinski definition) is 4. The minimum atomic E-state index is -3.73. The van der Waals surface area contributed by atoms with Crippen LogP contribution >= 0.6 is 11.6 Å². The summed E-state index contributed by atoms with van der Waals surface area (Å²) < 4.78 is 32.6. The predicted octanol–water partition coefficient (Wildman–Crippen LogP) is 1.88. The number of amides is 1. The molecule has 24 heavy (non-hydrogen) atoms. The molecule has 8 heteroatoms. The number of sulfonamides is 1. The lowest BCUT2D eigenvalue weighted by atomic mass is 9.89. The monoisotopic (exact) mass is 372 g/mol. The van der Waals surface area contributed by atoms with Crippen LogP contribution in [0.4, 0.5) is 0 Å². The molecule has 1 aliphatic carbocycles. The van der Waals surface area contributed by atoms with Gasteiger partial charge in [-0.3, -0.25) is 4.79 Å². The summed E-state index contributed by atoms with van der Waals surface area (Å²) in [5, 5.41) is 3.21. The van der Waals surface area contributed by atoms with Crippen molar-refractivity contribution in [3.8, 4) is 5.75 Å². The summed E-state index contributed by atoms with van der Waals surface area (Å²) in [6, 6.07) is 4.45. The standard InChI is InChI=1S/C16H21ClN2O4S/c1-19(13-5-10-7-16(20)18-9-11(10)6-13)24(21,22)15-8-12(17)3-4-14(15)23-2/h3-4,8,10-11,13H,5-7,9H2,1-2H3,(H,18,20)/t10-,11+,13-/m0/s1. The van der Waals surface area contributed by atoms with Crippen molar-refractivity contribution in [1.29, 1.82) is 0 Å². The fourth-order valence-electron chi connectivity index (χ4n) is 3.74. The predicted molar refractivity (Wildman–Crippen MR) is 90.6 cm³/mol. The number of fused-ring (bicyclic) bond motifs is 1. The molecule has 1 aromatic rings. The summed E-state index contributed by atoms with van der Waals surface area (Å²) in [6.07, 6.45) is 1.94. The largest absolute Gasteiger partial charge is 0.495 e. The van der Waals surface area contributed by atoms with Gasteiger partial charge in [-0.25, -0.2) is 8.42 Å². The molecule has 1 heterocycles. The molecule has 0 unspecified atom stereocenters. The van der Waals surface area contributed by atoms with Gasteiger partial charge in [-0.1, -0.05) is 11.6 Å². The van der Waals surface area contributed by atoms with Crippen molar-refractivity contribution in [1.82, 2.24) is 9.62 Å². The minimum absolute atomic E-state index is 0.0546. The van der Waals surface area contributed by atoms with Crippen LogP contribution < -0.4 is 10.1 Å². The third-order valence-corrected chi connectivity index (χ3v) is 7.29. The summed E-state index contributed by atoms with van der Waals surface area (Å²) in [5.41, 5.74) is 0. The van der Waals surface area contributed by atoms with Gasteiger partial charge in [0.25, 0.3) is 0 Å². The van der Waals surface area contributed by atoms with Gasteiger partial charge in [0.15, 0.2) is 0 Å². The molecule has 0 radical (unpaired) electrons. The van der Waals surface area contributed by atoms with E-state index in [1.165, 1.54) is 17.5 Å². The van der Waals surface area contributed by atoms with Crippen molar-refractivity contribution in [3.05, 3.63) is 23.2 Å². The van der Waals surface area contributed by atoms with Gasteiger partial charge in [0, 0.05) is 31.1 Å². The Labute approximate surface area is 147 Å². The van der Waals surface area contributed by atoms with Gasteiger partial charge in [-0.05, 0) is 42.9 Å². The number of hydrogen-bond donors (Lipinski definition) is 1. The maximum absolute atomic E-state index is 13.0. The Morgan fingerprint density at radius 3 is 2.71 bits per heavy atom. The average Bonchev–Trinajstić information content (AvgIpc) is 2.96. The molecular formula is C16H21ClN2O4S. The topological polar surface area (TPSA) is 75.7 Å². The van der Waals surface area contributed by atoms with E-state index >= 15 is 0 Å². The molecular weight excluding hydrogens is 352 g/mol. The fourth-order valence-corrected chi connectivity index (χ4v) is 5.53. The van der Waals surface area contributed by atoms with Gasteiger partial charge >= 0.3 is 0 Å². The first-order valence-corrected chi connectivity index (χ1v) is 9.73. The molecule has 1 saturated heterocycles. The van der Waals surface area contributed by atoms with Gasteiger partial charge in [0.05, 0.1) is 7.11 Å². The van der Waals surface area contributed by atoms with Crippen LogP contribution in [-0.2, 0) is 14.8 Å². The lowest BCUT2D eigenvalue weighted by Gasteiger charge is -2.25. The first-order chi connectivity index (χ1) is 11.3. The highest BCUT2D eigenvalue weighted by Crippen LogP contribution is 2.40. The second-order valence-corrected chi connectivity index (χ2v) is 8.87. The molecule has 0 spiro atoms. The molecule has 0 bridgehead atoms. The number of benzene rings is 1. The van der Waals surface area contributed by atoms with E-state index in [4.69, 9.17) is 16.3 Å². The number of rotatable bonds is 4. The molecule has 2 fully saturated rings. The lowest BCUT2D eigenvalue weighted by molar-refractivity contribution is -0.124. The number of piperidine rings is 1. The lowest BCUT2D eigenvalue weighted by Crippen LogP contribution is -2.38. The van der Waals surface area contributed by atoms with Crippen molar-refractivity contribution in [2.24, 2.45) is 11.8 Å². The summed E-state index contributed by atoms with van der Waals surface area (Å²) in [6.45, 7) is 0.633. The van der Waals surface area contributed by atoms with Crippen LogP contribution in [-0.4, -0.2) is 45.4 Å². The van der Waals surface area contributed by atoms with Crippen LogP contribution in [0.2, 0.25) is 5.02 Å². The van der Waals surface area contributed by atoms with Crippen LogP contribution in [0, 0.1) is 11.8 Å². The van der Waals surface area contributed by atoms with E-state index in [1.54, 1.807) is 19.2 Å². The number of carbonyl (C=O) groups excluding carboxylic acids is 1. The molecule has 1 aromatic carbocycles. The highest BCUT2D eigenvalue weighted by atomic mass is 35.5. The van der Waals surface area contributed by atoms with Gasteiger partial charge in [0.2, 0.25) is 15.9 Å². The summed E-state index contributed by atoms with van der Waals surface area (Å²) in [7, 11) is -0.701. The maximum atomic E-state index is 13.0. The first kappa shape index (κ1) is 17.5. The summed E-state index contributed by atoms with van der Waals surface area (Å²) >= 11 is 5.98. The Balaban J connectivity index is 1.85. The van der Waals surface area contributed by atoms with Crippen molar-refractivity contribution >= 4 is 27.5 Å². The van der Waals surface area contributed by atoms with E-state index in [0.29, 0.717) is 30.3 Å². The SMILES string of the molecule is COc1ccc(Cl)cc1S(=O)(=O)N(C)[C@H]1C[C@H]2CC(=O)NC[C@H]2C1. The van der Waals surface area contributed by atoms with Crippen molar-refractivity contribution in [3.63, 3.8) is 0 Å². The Morgan fingerprint density at radius 2 is 2.00 bits per heavy atom. The summed E-state index contributed by atoms with van der Waals surface area (Å²) in [4.78, 5) is 11.6. The van der Waals surface area contributed by atoms with Crippen molar-refractivity contribution in [2.45, 2.75) is 30.2 Å².